The van der Waals surface area contributed by atoms with E-state index in [1.807, 2.05) is 0 Å². The standard InChI is InChI=1S/C9H14ClN3O2/c1-7(10)9(14)12-8-5-11-13(6-8)3-4-15-2/h5-7H,3-4H2,1-2H3,(H,12,14). The molecule has 1 aromatic rings. The molecule has 1 N–H and O–H groups in total. The van der Waals surface area contributed by atoms with Gasteiger partial charge in [-0.3, -0.25) is 9.48 Å². The van der Waals surface area contributed by atoms with Gasteiger partial charge in [0.1, 0.15) is 5.38 Å². The average molecular weight is 232 g/mol. The molecule has 1 aromatic heterocycles. The quantitative estimate of drug-likeness (QED) is 0.772. The summed E-state index contributed by atoms with van der Waals surface area (Å²) in [6.45, 7) is 2.86. The number of aromatic nitrogens is 2. The highest BCUT2D eigenvalue weighted by Crippen LogP contribution is 2.06. The Morgan fingerprint density at radius 1 is 1.80 bits per heavy atom. The molecule has 5 nitrogen and oxygen atoms in total. The van der Waals surface area contributed by atoms with Gasteiger partial charge in [-0.1, -0.05) is 0 Å². The molecule has 0 aliphatic rings. The van der Waals surface area contributed by atoms with Crippen molar-refractivity contribution >= 4 is 23.2 Å². The van der Waals surface area contributed by atoms with Crippen molar-refractivity contribution < 1.29 is 9.53 Å². The van der Waals surface area contributed by atoms with Gasteiger partial charge in [0, 0.05) is 13.3 Å². The molecular weight excluding hydrogens is 218 g/mol. The van der Waals surface area contributed by atoms with Crippen LogP contribution in [0.4, 0.5) is 5.69 Å². The molecule has 0 aromatic carbocycles. The monoisotopic (exact) mass is 231 g/mol. The summed E-state index contributed by atoms with van der Waals surface area (Å²) in [6, 6.07) is 0. The Hall–Kier alpha value is -1.07. The normalized spacial score (nSPS) is 12.5. The second-order valence-electron chi connectivity index (χ2n) is 3.09. The van der Waals surface area contributed by atoms with Crippen molar-refractivity contribution in [3.05, 3.63) is 12.4 Å². The molecule has 0 saturated carbocycles. The molecule has 0 bridgehead atoms. The molecule has 15 heavy (non-hydrogen) atoms. The summed E-state index contributed by atoms with van der Waals surface area (Å²) in [4.78, 5) is 11.2. The number of nitrogens with zero attached hydrogens (tertiary/aromatic N) is 2. The Morgan fingerprint density at radius 2 is 2.53 bits per heavy atom. The van der Waals surface area contributed by atoms with Gasteiger partial charge in [-0.25, -0.2) is 0 Å². The van der Waals surface area contributed by atoms with Crippen molar-refractivity contribution in [2.75, 3.05) is 19.0 Å². The number of hydrogen-bond donors (Lipinski definition) is 1. The highest BCUT2D eigenvalue weighted by atomic mass is 35.5. The van der Waals surface area contributed by atoms with E-state index in [2.05, 4.69) is 10.4 Å². The van der Waals surface area contributed by atoms with Crippen LogP contribution < -0.4 is 5.32 Å². The van der Waals surface area contributed by atoms with Crippen molar-refractivity contribution in [3.8, 4) is 0 Å². The van der Waals surface area contributed by atoms with E-state index in [1.54, 1.807) is 31.1 Å². The number of carbonyl (C=O) groups is 1. The van der Waals surface area contributed by atoms with Gasteiger partial charge in [-0.2, -0.15) is 5.10 Å². The minimum atomic E-state index is -0.549. The number of carbonyl (C=O) groups excluding carboxylic acids is 1. The van der Waals surface area contributed by atoms with Crippen LogP contribution in [-0.2, 0) is 16.1 Å². The first kappa shape index (κ1) is 12.0. The zero-order valence-corrected chi connectivity index (χ0v) is 9.49. The second kappa shape index (κ2) is 5.72. The fraction of sp³-hybridized carbons (Fsp3) is 0.556. The lowest BCUT2D eigenvalue weighted by molar-refractivity contribution is -0.115. The number of halogens is 1. The van der Waals surface area contributed by atoms with Crippen LogP contribution in [0.2, 0.25) is 0 Å². The average Bonchev–Trinajstić information content (AvgIpc) is 2.62. The highest BCUT2D eigenvalue weighted by molar-refractivity contribution is 6.32. The lowest BCUT2D eigenvalue weighted by Gasteiger charge is -2.02. The summed E-state index contributed by atoms with van der Waals surface area (Å²) < 4.78 is 6.60. The smallest absolute Gasteiger partial charge is 0.242 e. The molecule has 0 aliphatic heterocycles. The van der Waals surface area contributed by atoms with Crippen LogP contribution in [0.5, 0.6) is 0 Å². The maximum atomic E-state index is 11.2. The summed E-state index contributed by atoms with van der Waals surface area (Å²) in [6.07, 6.45) is 3.31. The van der Waals surface area contributed by atoms with E-state index < -0.39 is 5.38 Å². The van der Waals surface area contributed by atoms with Crippen LogP contribution in [0.3, 0.4) is 0 Å². The van der Waals surface area contributed by atoms with Gasteiger partial charge in [0.25, 0.3) is 0 Å². The van der Waals surface area contributed by atoms with Crippen molar-refractivity contribution in [2.45, 2.75) is 18.8 Å². The van der Waals surface area contributed by atoms with E-state index in [1.165, 1.54) is 0 Å². The minimum Gasteiger partial charge on any atom is -0.383 e. The number of ether oxygens (including phenoxy) is 1. The third kappa shape index (κ3) is 3.89. The van der Waals surface area contributed by atoms with Gasteiger partial charge in [0.15, 0.2) is 0 Å². The Morgan fingerprint density at radius 3 is 3.13 bits per heavy atom. The lowest BCUT2D eigenvalue weighted by Crippen LogP contribution is -2.19. The topological polar surface area (TPSA) is 56.1 Å². The first-order valence-corrected chi connectivity index (χ1v) is 5.03. The van der Waals surface area contributed by atoms with Gasteiger partial charge in [0.2, 0.25) is 5.91 Å². The van der Waals surface area contributed by atoms with E-state index in [-0.39, 0.29) is 5.91 Å². The number of nitrogens with one attached hydrogen (secondary N) is 1. The second-order valence-corrected chi connectivity index (χ2v) is 3.74. The van der Waals surface area contributed by atoms with Crippen LogP contribution in [0.15, 0.2) is 12.4 Å². The van der Waals surface area contributed by atoms with E-state index in [0.29, 0.717) is 18.8 Å². The number of anilines is 1. The third-order valence-electron chi connectivity index (χ3n) is 1.79. The summed E-state index contributed by atoms with van der Waals surface area (Å²) in [5, 5.41) is 6.14. The zero-order valence-electron chi connectivity index (χ0n) is 8.74. The molecule has 1 amide bonds. The molecular formula is C9H14ClN3O2. The molecule has 0 spiro atoms. The Bertz CT molecular complexity index is 325. The SMILES string of the molecule is COCCn1cc(NC(=O)C(C)Cl)cn1. The summed E-state index contributed by atoms with van der Waals surface area (Å²) in [5.74, 6) is -0.233. The Kier molecular flexibility index (Phi) is 4.58. The Labute approximate surface area is 93.4 Å². The molecule has 1 unspecified atom stereocenters. The van der Waals surface area contributed by atoms with E-state index in [4.69, 9.17) is 16.3 Å². The number of amides is 1. The van der Waals surface area contributed by atoms with Crippen LogP contribution in [0, 0.1) is 0 Å². The van der Waals surface area contributed by atoms with Crippen LogP contribution >= 0.6 is 11.6 Å². The molecule has 1 heterocycles. The third-order valence-corrected chi connectivity index (χ3v) is 1.98. The van der Waals surface area contributed by atoms with E-state index in [9.17, 15) is 4.79 Å². The zero-order chi connectivity index (χ0) is 11.3. The molecule has 1 rings (SSSR count). The van der Waals surface area contributed by atoms with Gasteiger partial charge in [0.05, 0.1) is 25.0 Å². The number of hydrogen-bond acceptors (Lipinski definition) is 3. The molecule has 0 saturated heterocycles. The molecule has 0 radical (unpaired) electrons. The van der Waals surface area contributed by atoms with Crippen molar-refractivity contribution in [2.24, 2.45) is 0 Å². The van der Waals surface area contributed by atoms with Gasteiger partial charge >= 0.3 is 0 Å². The van der Waals surface area contributed by atoms with Gasteiger partial charge < -0.3 is 10.1 Å². The van der Waals surface area contributed by atoms with Crippen LogP contribution in [-0.4, -0.2) is 34.8 Å². The van der Waals surface area contributed by atoms with E-state index >= 15 is 0 Å². The number of alkyl halides is 1. The maximum Gasteiger partial charge on any atom is 0.242 e. The fourth-order valence-corrected chi connectivity index (χ4v) is 1.03. The first-order chi connectivity index (χ1) is 7.13. The van der Waals surface area contributed by atoms with Crippen LogP contribution in [0.1, 0.15) is 6.92 Å². The number of rotatable bonds is 5. The van der Waals surface area contributed by atoms with Crippen molar-refractivity contribution in [1.29, 1.82) is 0 Å². The van der Waals surface area contributed by atoms with E-state index in [0.717, 1.165) is 0 Å². The molecule has 0 fully saturated rings. The van der Waals surface area contributed by atoms with Crippen molar-refractivity contribution in [3.63, 3.8) is 0 Å². The molecule has 0 aliphatic carbocycles. The molecule has 84 valence electrons. The molecule has 1 atom stereocenters. The minimum absolute atomic E-state index is 0.233. The predicted molar refractivity (Wildman–Crippen MR) is 58.0 cm³/mol. The van der Waals surface area contributed by atoms with Gasteiger partial charge in [-0.15, -0.1) is 11.6 Å². The van der Waals surface area contributed by atoms with Crippen LogP contribution in [0.25, 0.3) is 0 Å². The fourth-order valence-electron chi connectivity index (χ4n) is 0.977. The molecule has 6 heteroatoms. The van der Waals surface area contributed by atoms with Gasteiger partial charge in [-0.05, 0) is 6.92 Å². The summed E-state index contributed by atoms with van der Waals surface area (Å²) in [7, 11) is 1.63. The summed E-state index contributed by atoms with van der Waals surface area (Å²) in [5.41, 5.74) is 0.642. The highest BCUT2D eigenvalue weighted by Gasteiger charge is 2.09. The Balaban J connectivity index is 2.49. The lowest BCUT2D eigenvalue weighted by atomic mass is 10.4. The first-order valence-electron chi connectivity index (χ1n) is 4.60. The number of methoxy groups -OCH3 is 1. The largest absolute Gasteiger partial charge is 0.383 e. The predicted octanol–water partition coefficient (Wildman–Crippen LogP) is 1.10. The maximum absolute atomic E-state index is 11.2. The summed E-state index contributed by atoms with van der Waals surface area (Å²) >= 11 is 5.61. The van der Waals surface area contributed by atoms with Crippen molar-refractivity contribution in [1.82, 2.24) is 9.78 Å².